The number of benzene rings is 1. The number of hydrogen-bond donors (Lipinski definition) is 1. The molecule has 3 heterocycles. The minimum atomic E-state index is 0.00289. The number of nitrogens with one attached hydrogen (secondary N) is 1. The van der Waals surface area contributed by atoms with E-state index in [0.29, 0.717) is 18.7 Å². The van der Waals surface area contributed by atoms with Crippen molar-refractivity contribution in [3.05, 3.63) is 59.3 Å². The van der Waals surface area contributed by atoms with Crippen molar-refractivity contribution in [1.82, 2.24) is 30.0 Å². The van der Waals surface area contributed by atoms with Gasteiger partial charge in [-0.1, -0.05) is 0 Å². The number of aromatic amines is 1. The summed E-state index contributed by atoms with van der Waals surface area (Å²) in [5, 5.41) is 7.42. The fourth-order valence-electron chi connectivity index (χ4n) is 4.44. The molecule has 4 rings (SSSR count). The fraction of sp³-hybridized carbons (Fsp3) is 0.440. The molecule has 0 spiro atoms. The maximum absolute atomic E-state index is 12.7. The van der Waals surface area contributed by atoms with Gasteiger partial charge in [-0.3, -0.25) is 14.8 Å². The highest BCUT2D eigenvalue weighted by atomic mass is 16.5. The van der Waals surface area contributed by atoms with Crippen LogP contribution in [0.5, 0.6) is 5.75 Å². The third-order valence-corrected chi connectivity index (χ3v) is 6.41. The second-order valence-corrected chi connectivity index (χ2v) is 8.42. The number of hydrogen-bond acceptors (Lipinski definition) is 6. The molecule has 2 aromatic heterocycles. The maximum atomic E-state index is 12.7. The van der Waals surface area contributed by atoms with Crippen LogP contribution in [0.25, 0.3) is 11.3 Å². The summed E-state index contributed by atoms with van der Waals surface area (Å²) in [5.74, 6) is 1.93. The van der Waals surface area contributed by atoms with Crippen molar-refractivity contribution >= 4 is 5.91 Å². The van der Waals surface area contributed by atoms with Gasteiger partial charge in [-0.05, 0) is 58.0 Å². The van der Waals surface area contributed by atoms with Crippen LogP contribution < -0.4 is 4.74 Å². The Hall–Kier alpha value is -3.26. The lowest BCUT2D eigenvalue weighted by molar-refractivity contribution is 0.0771. The van der Waals surface area contributed by atoms with E-state index in [1.54, 1.807) is 18.2 Å². The molecule has 174 valence electrons. The maximum Gasteiger partial charge on any atom is 0.257 e. The van der Waals surface area contributed by atoms with Crippen LogP contribution in [0.1, 0.15) is 53.6 Å². The molecule has 1 N–H and O–H groups in total. The van der Waals surface area contributed by atoms with Gasteiger partial charge in [-0.25, -0.2) is 9.97 Å². The molecule has 1 aromatic carbocycles. The summed E-state index contributed by atoms with van der Waals surface area (Å²) in [4.78, 5) is 26.2. The molecule has 8 heteroatoms. The van der Waals surface area contributed by atoms with Gasteiger partial charge >= 0.3 is 0 Å². The number of nitrogens with zero attached hydrogens (tertiary/aromatic N) is 5. The molecule has 3 aromatic rings. The zero-order chi connectivity index (χ0) is 23.4. The van der Waals surface area contributed by atoms with Crippen molar-refractivity contribution in [2.45, 2.75) is 39.7 Å². The summed E-state index contributed by atoms with van der Waals surface area (Å²) in [6.07, 6.45) is 4.61. The third kappa shape index (κ3) is 4.90. The molecule has 0 radical (unpaired) electrons. The van der Waals surface area contributed by atoms with Crippen LogP contribution in [0.15, 0.2) is 36.7 Å². The highest BCUT2D eigenvalue weighted by Gasteiger charge is 2.28. The Bertz CT molecular complexity index is 1090. The predicted octanol–water partition coefficient (Wildman–Crippen LogP) is 3.66. The fourth-order valence-corrected chi connectivity index (χ4v) is 4.44. The van der Waals surface area contributed by atoms with Gasteiger partial charge in [0.2, 0.25) is 0 Å². The van der Waals surface area contributed by atoms with Crippen molar-refractivity contribution in [2.75, 3.05) is 33.3 Å². The summed E-state index contributed by atoms with van der Waals surface area (Å²) in [7, 11) is 1.67. The summed E-state index contributed by atoms with van der Waals surface area (Å²) in [6.45, 7) is 9.91. The van der Waals surface area contributed by atoms with E-state index in [4.69, 9.17) is 9.72 Å². The van der Waals surface area contributed by atoms with Gasteiger partial charge in [-0.15, -0.1) is 0 Å². The monoisotopic (exact) mass is 448 g/mol. The average molecular weight is 449 g/mol. The first kappa shape index (κ1) is 22.9. The Morgan fingerprint density at radius 2 is 1.97 bits per heavy atom. The number of aromatic nitrogens is 4. The van der Waals surface area contributed by atoms with Crippen LogP contribution in [0.4, 0.5) is 0 Å². The normalized spacial score (nSPS) is 16.2. The predicted molar refractivity (Wildman–Crippen MR) is 127 cm³/mol. The third-order valence-electron chi connectivity index (χ3n) is 6.41. The van der Waals surface area contributed by atoms with Gasteiger partial charge in [0.05, 0.1) is 30.3 Å². The molecule has 1 aliphatic heterocycles. The number of likely N-dealkylation sites (tertiary alicyclic amines) is 1. The van der Waals surface area contributed by atoms with E-state index < -0.39 is 0 Å². The molecule has 0 unspecified atom stereocenters. The first-order valence-corrected chi connectivity index (χ1v) is 11.6. The minimum absolute atomic E-state index is 0.00289. The number of carbonyl (C=O) groups is 1. The zero-order valence-corrected chi connectivity index (χ0v) is 19.8. The first-order valence-electron chi connectivity index (χ1n) is 11.6. The van der Waals surface area contributed by atoms with Crippen molar-refractivity contribution in [1.29, 1.82) is 0 Å². The molecule has 1 amide bonds. The zero-order valence-electron chi connectivity index (χ0n) is 19.8. The number of H-pyrrole nitrogens is 1. The number of rotatable bonds is 8. The summed E-state index contributed by atoms with van der Waals surface area (Å²) >= 11 is 0. The van der Waals surface area contributed by atoms with Gasteiger partial charge in [-0.2, -0.15) is 5.10 Å². The number of aryl methyl sites for hydroxylation is 1. The number of amides is 1. The van der Waals surface area contributed by atoms with Gasteiger partial charge in [0.15, 0.2) is 0 Å². The lowest BCUT2D eigenvalue weighted by Gasteiger charge is -2.20. The van der Waals surface area contributed by atoms with Gasteiger partial charge in [0, 0.05) is 49.4 Å². The summed E-state index contributed by atoms with van der Waals surface area (Å²) in [5.41, 5.74) is 4.64. The van der Waals surface area contributed by atoms with Crippen LogP contribution in [-0.4, -0.2) is 69.2 Å². The van der Waals surface area contributed by atoms with Gasteiger partial charge < -0.3 is 9.64 Å². The van der Waals surface area contributed by atoms with E-state index in [1.165, 1.54) is 0 Å². The van der Waals surface area contributed by atoms with Crippen LogP contribution in [-0.2, 0) is 6.54 Å². The quantitative estimate of drug-likeness (QED) is 0.566. The molecule has 1 atom stereocenters. The molecule has 8 nitrogen and oxygen atoms in total. The Labute approximate surface area is 195 Å². The smallest absolute Gasteiger partial charge is 0.257 e. The van der Waals surface area contributed by atoms with Crippen molar-refractivity contribution in [3.63, 3.8) is 0 Å². The van der Waals surface area contributed by atoms with E-state index in [1.807, 2.05) is 51.2 Å². The largest absolute Gasteiger partial charge is 0.497 e. The first-order chi connectivity index (χ1) is 16.0. The van der Waals surface area contributed by atoms with Gasteiger partial charge in [0.1, 0.15) is 11.6 Å². The van der Waals surface area contributed by atoms with Crippen molar-refractivity contribution < 1.29 is 9.53 Å². The molecule has 33 heavy (non-hydrogen) atoms. The second kappa shape index (κ2) is 10.1. The summed E-state index contributed by atoms with van der Waals surface area (Å²) < 4.78 is 5.26. The highest BCUT2D eigenvalue weighted by molar-refractivity contribution is 5.94. The summed E-state index contributed by atoms with van der Waals surface area (Å²) in [6, 6.07) is 8.00. The van der Waals surface area contributed by atoms with Crippen molar-refractivity contribution in [3.8, 4) is 17.0 Å². The minimum Gasteiger partial charge on any atom is -0.497 e. The number of methoxy groups -OCH3 is 1. The Kier molecular flexibility index (Phi) is 7.03. The van der Waals surface area contributed by atoms with E-state index in [9.17, 15) is 4.79 Å². The SMILES string of the molecule is CCN(CC)C(=O)c1cnc([C@H]2CCN(Cc3cn[nH]c3-c3ccc(OC)cc3)C2)nc1C. The lowest BCUT2D eigenvalue weighted by atomic mass is 10.1. The molecule has 0 bridgehead atoms. The average Bonchev–Trinajstić information content (AvgIpc) is 3.50. The second-order valence-electron chi connectivity index (χ2n) is 8.42. The molecular formula is C25H32N6O2. The topological polar surface area (TPSA) is 87.2 Å². The standard InChI is InChI=1S/C25H32N6O2/c1-5-31(6-2)25(32)22-14-26-24(28-17(22)3)19-11-12-30(15-19)16-20-13-27-29-23(20)18-7-9-21(33-4)10-8-18/h7-10,13-14,19H,5-6,11-12,15-16H2,1-4H3,(H,27,29)/t19-/m0/s1. The van der Waals surface area contributed by atoms with Crippen LogP contribution in [0.3, 0.4) is 0 Å². The molecule has 0 saturated carbocycles. The number of ether oxygens (including phenoxy) is 1. The number of carbonyl (C=O) groups excluding carboxylic acids is 1. The van der Waals surface area contributed by atoms with Gasteiger partial charge in [0.25, 0.3) is 5.91 Å². The molecule has 1 saturated heterocycles. The Balaban J connectivity index is 1.43. The van der Waals surface area contributed by atoms with Crippen LogP contribution >= 0.6 is 0 Å². The van der Waals surface area contributed by atoms with Crippen LogP contribution in [0.2, 0.25) is 0 Å². The highest BCUT2D eigenvalue weighted by Crippen LogP contribution is 2.29. The van der Waals surface area contributed by atoms with Crippen molar-refractivity contribution in [2.24, 2.45) is 0 Å². The van der Waals surface area contributed by atoms with E-state index in [-0.39, 0.29) is 11.8 Å². The lowest BCUT2D eigenvalue weighted by Crippen LogP contribution is -2.31. The van der Waals surface area contributed by atoms with E-state index in [2.05, 4.69) is 20.1 Å². The van der Waals surface area contributed by atoms with E-state index in [0.717, 1.165) is 60.1 Å². The molecule has 1 aliphatic rings. The van der Waals surface area contributed by atoms with E-state index >= 15 is 0 Å². The van der Waals surface area contributed by atoms with Crippen LogP contribution in [0, 0.1) is 6.92 Å². The molecule has 1 fully saturated rings. The molecule has 0 aliphatic carbocycles. The molecular weight excluding hydrogens is 416 g/mol. The Morgan fingerprint density at radius 1 is 1.21 bits per heavy atom. The Morgan fingerprint density at radius 3 is 2.64 bits per heavy atom.